The lowest BCUT2D eigenvalue weighted by Crippen LogP contribution is -2.51. The standard InChI is InChI=1S/C23H28ClN3O3/c1-17(2)30-21-5-3-4-18(14-21)15-22(28)25-16-23(29)27-12-10-26(11-13-27)20-8-6-19(24)7-9-20/h3-9,14,17H,10-13,15-16H2,1-2H3,(H,25,28). The van der Waals surface area contributed by atoms with Crippen LogP contribution in [0.3, 0.4) is 0 Å². The van der Waals surface area contributed by atoms with Gasteiger partial charge in [0.15, 0.2) is 0 Å². The number of halogens is 1. The van der Waals surface area contributed by atoms with Crippen molar-refractivity contribution in [1.82, 2.24) is 10.2 Å². The van der Waals surface area contributed by atoms with Gasteiger partial charge >= 0.3 is 0 Å². The summed E-state index contributed by atoms with van der Waals surface area (Å²) in [7, 11) is 0. The highest BCUT2D eigenvalue weighted by Gasteiger charge is 2.21. The summed E-state index contributed by atoms with van der Waals surface area (Å²) >= 11 is 5.94. The van der Waals surface area contributed by atoms with E-state index in [4.69, 9.17) is 16.3 Å². The molecule has 1 heterocycles. The lowest BCUT2D eigenvalue weighted by molar-refractivity contribution is -0.133. The van der Waals surface area contributed by atoms with Crippen LogP contribution in [0.25, 0.3) is 0 Å². The number of nitrogens with zero attached hydrogens (tertiary/aromatic N) is 2. The van der Waals surface area contributed by atoms with Crippen LogP contribution in [-0.2, 0) is 16.0 Å². The number of benzene rings is 2. The molecular weight excluding hydrogens is 402 g/mol. The number of carbonyl (C=O) groups excluding carboxylic acids is 2. The smallest absolute Gasteiger partial charge is 0.242 e. The molecule has 0 unspecified atom stereocenters. The molecule has 6 nitrogen and oxygen atoms in total. The topological polar surface area (TPSA) is 61.9 Å². The fourth-order valence-corrected chi connectivity index (χ4v) is 3.53. The van der Waals surface area contributed by atoms with Crippen LogP contribution in [0.15, 0.2) is 48.5 Å². The molecule has 7 heteroatoms. The van der Waals surface area contributed by atoms with Gasteiger partial charge in [-0.25, -0.2) is 0 Å². The second-order valence-electron chi connectivity index (χ2n) is 7.61. The van der Waals surface area contributed by atoms with Crippen LogP contribution >= 0.6 is 11.6 Å². The molecule has 0 atom stereocenters. The zero-order valence-corrected chi connectivity index (χ0v) is 18.2. The highest BCUT2D eigenvalue weighted by molar-refractivity contribution is 6.30. The Bertz CT molecular complexity index is 862. The molecule has 2 aromatic rings. The van der Waals surface area contributed by atoms with Gasteiger partial charge in [0, 0.05) is 36.9 Å². The molecule has 3 rings (SSSR count). The first-order chi connectivity index (χ1) is 14.4. The zero-order chi connectivity index (χ0) is 21.5. The van der Waals surface area contributed by atoms with E-state index in [0.29, 0.717) is 18.1 Å². The monoisotopic (exact) mass is 429 g/mol. The summed E-state index contributed by atoms with van der Waals surface area (Å²) in [6, 6.07) is 15.2. The third kappa shape index (κ3) is 6.39. The third-order valence-corrected chi connectivity index (χ3v) is 5.15. The Morgan fingerprint density at radius 1 is 1.07 bits per heavy atom. The molecule has 1 saturated heterocycles. The minimum absolute atomic E-state index is 0.0158. The molecule has 0 aromatic heterocycles. The lowest BCUT2D eigenvalue weighted by atomic mass is 10.1. The van der Waals surface area contributed by atoms with Crippen molar-refractivity contribution in [2.24, 2.45) is 0 Å². The van der Waals surface area contributed by atoms with E-state index in [2.05, 4.69) is 10.2 Å². The number of carbonyl (C=O) groups is 2. The van der Waals surface area contributed by atoms with Crippen LogP contribution in [-0.4, -0.2) is 55.5 Å². The van der Waals surface area contributed by atoms with E-state index in [1.807, 2.05) is 62.4 Å². The Hall–Kier alpha value is -2.73. The van der Waals surface area contributed by atoms with Crippen LogP contribution in [0.5, 0.6) is 5.75 Å². The Kier molecular flexibility index (Phi) is 7.57. The average Bonchev–Trinajstić information content (AvgIpc) is 2.72. The maximum Gasteiger partial charge on any atom is 0.242 e. The number of piperazine rings is 1. The normalized spacial score (nSPS) is 14.0. The Morgan fingerprint density at radius 2 is 1.77 bits per heavy atom. The van der Waals surface area contributed by atoms with Crippen molar-refractivity contribution >= 4 is 29.1 Å². The highest BCUT2D eigenvalue weighted by atomic mass is 35.5. The third-order valence-electron chi connectivity index (χ3n) is 4.90. The highest BCUT2D eigenvalue weighted by Crippen LogP contribution is 2.19. The molecule has 1 aliphatic heterocycles. The number of ether oxygens (including phenoxy) is 1. The van der Waals surface area contributed by atoms with Crippen LogP contribution < -0.4 is 15.0 Å². The van der Waals surface area contributed by atoms with Gasteiger partial charge in [-0.3, -0.25) is 9.59 Å². The number of rotatable bonds is 7. The predicted molar refractivity (Wildman–Crippen MR) is 119 cm³/mol. The average molecular weight is 430 g/mol. The number of amides is 2. The SMILES string of the molecule is CC(C)Oc1cccc(CC(=O)NCC(=O)N2CCN(c3ccc(Cl)cc3)CC2)c1. The number of hydrogen-bond donors (Lipinski definition) is 1. The molecule has 1 aliphatic rings. The first-order valence-corrected chi connectivity index (χ1v) is 10.6. The summed E-state index contributed by atoms with van der Waals surface area (Å²) in [4.78, 5) is 28.8. The van der Waals surface area contributed by atoms with Crippen LogP contribution in [0, 0.1) is 0 Å². The van der Waals surface area contributed by atoms with Crippen LogP contribution in [0.1, 0.15) is 19.4 Å². The van der Waals surface area contributed by atoms with Gasteiger partial charge in [0.05, 0.1) is 19.1 Å². The maximum atomic E-state index is 12.5. The van der Waals surface area contributed by atoms with Crippen molar-refractivity contribution in [2.45, 2.75) is 26.4 Å². The van der Waals surface area contributed by atoms with E-state index in [1.54, 1.807) is 4.90 Å². The van der Waals surface area contributed by atoms with Gasteiger partial charge in [0.25, 0.3) is 0 Å². The number of nitrogens with one attached hydrogen (secondary N) is 1. The second kappa shape index (κ2) is 10.3. The molecule has 0 radical (unpaired) electrons. The largest absolute Gasteiger partial charge is 0.491 e. The van der Waals surface area contributed by atoms with Gasteiger partial charge in [-0.2, -0.15) is 0 Å². The Morgan fingerprint density at radius 3 is 2.43 bits per heavy atom. The molecule has 2 aromatic carbocycles. The zero-order valence-electron chi connectivity index (χ0n) is 17.4. The molecule has 0 spiro atoms. The van der Waals surface area contributed by atoms with Crippen LogP contribution in [0.4, 0.5) is 5.69 Å². The predicted octanol–water partition coefficient (Wildman–Crippen LogP) is 3.13. The minimum atomic E-state index is -0.176. The van der Waals surface area contributed by atoms with E-state index in [1.165, 1.54) is 0 Å². The molecule has 0 aliphatic carbocycles. The van der Waals surface area contributed by atoms with Crippen molar-refractivity contribution in [2.75, 3.05) is 37.6 Å². The molecule has 0 bridgehead atoms. The van der Waals surface area contributed by atoms with E-state index < -0.39 is 0 Å². The quantitative estimate of drug-likeness (QED) is 0.734. The van der Waals surface area contributed by atoms with Gasteiger partial charge in [0.2, 0.25) is 11.8 Å². The Labute approximate surface area is 182 Å². The summed E-state index contributed by atoms with van der Waals surface area (Å²) in [6.45, 7) is 6.70. The first-order valence-electron chi connectivity index (χ1n) is 10.2. The molecule has 1 N–H and O–H groups in total. The Balaban J connectivity index is 1.42. The maximum absolute atomic E-state index is 12.5. The molecule has 30 heavy (non-hydrogen) atoms. The van der Waals surface area contributed by atoms with E-state index in [9.17, 15) is 9.59 Å². The van der Waals surface area contributed by atoms with Crippen molar-refractivity contribution in [3.63, 3.8) is 0 Å². The van der Waals surface area contributed by atoms with Gasteiger partial charge in [-0.1, -0.05) is 23.7 Å². The van der Waals surface area contributed by atoms with Crippen molar-refractivity contribution in [3.05, 3.63) is 59.1 Å². The molecule has 160 valence electrons. The van der Waals surface area contributed by atoms with E-state index in [-0.39, 0.29) is 30.9 Å². The van der Waals surface area contributed by atoms with Gasteiger partial charge < -0.3 is 19.9 Å². The van der Waals surface area contributed by atoms with Crippen molar-refractivity contribution < 1.29 is 14.3 Å². The van der Waals surface area contributed by atoms with E-state index >= 15 is 0 Å². The molecular formula is C23H28ClN3O3. The van der Waals surface area contributed by atoms with Crippen molar-refractivity contribution in [3.8, 4) is 5.75 Å². The summed E-state index contributed by atoms with van der Waals surface area (Å²) in [6.07, 6.45) is 0.291. The molecule has 0 saturated carbocycles. The van der Waals surface area contributed by atoms with E-state index in [0.717, 1.165) is 30.1 Å². The molecule has 2 amide bonds. The summed E-state index contributed by atoms with van der Waals surface area (Å²) in [5.41, 5.74) is 1.96. The second-order valence-corrected chi connectivity index (χ2v) is 8.05. The lowest BCUT2D eigenvalue weighted by Gasteiger charge is -2.36. The summed E-state index contributed by atoms with van der Waals surface area (Å²) in [5, 5.41) is 3.45. The first kappa shape index (κ1) is 22.0. The number of anilines is 1. The fraction of sp³-hybridized carbons (Fsp3) is 0.391. The molecule has 1 fully saturated rings. The fourth-order valence-electron chi connectivity index (χ4n) is 3.40. The van der Waals surface area contributed by atoms with Gasteiger partial charge in [-0.05, 0) is 55.8 Å². The van der Waals surface area contributed by atoms with Gasteiger partial charge in [0.1, 0.15) is 5.75 Å². The van der Waals surface area contributed by atoms with Crippen molar-refractivity contribution in [1.29, 1.82) is 0 Å². The summed E-state index contributed by atoms with van der Waals surface area (Å²) in [5.74, 6) is 0.505. The number of hydrogen-bond acceptors (Lipinski definition) is 4. The minimum Gasteiger partial charge on any atom is -0.491 e. The van der Waals surface area contributed by atoms with Crippen LogP contribution in [0.2, 0.25) is 5.02 Å². The summed E-state index contributed by atoms with van der Waals surface area (Å²) < 4.78 is 5.66. The van der Waals surface area contributed by atoms with Gasteiger partial charge in [-0.15, -0.1) is 0 Å².